The molecule has 1 fully saturated rings. The van der Waals surface area contributed by atoms with E-state index in [-0.39, 0.29) is 30.2 Å². The molecule has 51 heavy (non-hydrogen) atoms. The summed E-state index contributed by atoms with van der Waals surface area (Å²) in [6.45, 7) is 11.2. The van der Waals surface area contributed by atoms with Crippen LogP contribution in [0.1, 0.15) is 37.7 Å². The summed E-state index contributed by atoms with van der Waals surface area (Å²) in [5.41, 5.74) is 3.71. The van der Waals surface area contributed by atoms with Crippen LogP contribution in [0.25, 0.3) is 16.5 Å². The van der Waals surface area contributed by atoms with Crippen molar-refractivity contribution in [2.75, 3.05) is 50.4 Å². The standard InChI is InChI=1S/C39H44N8O4/c1-26-10-12-28(13-11-26)47-35(24-34(44-47)39(2,3)4)43-38(50)42-32-14-15-33(31-9-7-6-8-30(31)32)51-29-16-17-40-27(22-29)23-36(48)41-25-37(49)46-20-18-45(5)19-21-46/h6-17,22,24H,18-21,23,25H2,1-5H3,(H,41,48)(H2,42,43,50). The Kier molecular flexibility index (Phi) is 10.3. The minimum Gasteiger partial charge on any atom is -0.457 e. The Morgan fingerprint density at radius 3 is 2.31 bits per heavy atom. The molecular weight excluding hydrogens is 644 g/mol. The maximum Gasteiger partial charge on any atom is 0.324 e. The highest BCUT2D eigenvalue weighted by molar-refractivity contribution is 6.07. The van der Waals surface area contributed by atoms with E-state index in [1.807, 2.05) is 68.6 Å². The number of fused-ring (bicyclic) bond motifs is 1. The van der Waals surface area contributed by atoms with Crippen molar-refractivity contribution in [2.24, 2.45) is 0 Å². The Balaban J connectivity index is 1.13. The van der Waals surface area contributed by atoms with Crippen LogP contribution in [-0.4, -0.2) is 82.2 Å². The van der Waals surface area contributed by atoms with Gasteiger partial charge in [0.15, 0.2) is 0 Å². The first-order valence-electron chi connectivity index (χ1n) is 17.1. The molecule has 2 aromatic heterocycles. The van der Waals surface area contributed by atoms with Crippen molar-refractivity contribution in [1.29, 1.82) is 0 Å². The summed E-state index contributed by atoms with van der Waals surface area (Å²) in [5, 5.41) is 15.1. The summed E-state index contributed by atoms with van der Waals surface area (Å²) in [6.07, 6.45) is 1.59. The molecule has 1 saturated heterocycles. The molecule has 5 aromatic rings. The number of hydrogen-bond acceptors (Lipinski definition) is 7. The average molecular weight is 689 g/mol. The van der Waals surface area contributed by atoms with Gasteiger partial charge in [0.2, 0.25) is 11.8 Å². The number of nitrogens with zero attached hydrogens (tertiary/aromatic N) is 5. The molecule has 0 spiro atoms. The molecule has 0 unspecified atom stereocenters. The summed E-state index contributed by atoms with van der Waals surface area (Å²) >= 11 is 0. The number of aryl methyl sites for hydroxylation is 1. The highest BCUT2D eigenvalue weighted by Gasteiger charge is 2.23. The monoisotopic (exact) mass is 688 g/mol. The number of carbonyl (C=O) groups excluding carboxylic acids is 3. The first kappa shape index (κ1) is 35.1. The molecule has 0 aliphatic carbocycles. The van der Waals surface area contributed by atoms with E-state index < -0.39 is 6.03 Å². The van der Waals surface area contributed by atoms with Crippen molar-refractivity contribution in [3.8, 4) is 17.2 Å². The molecule has 12 nitrogen and oxygen atoms in total. The van der Waals surface area contributed by atoms with Gasteiger partial charge in [-0.15, -0.1) is 0 Å². The number of urea groups is 1. The van der Waals surface area contributed by atoms with Crippen LogP contribution in [0.3, 0.4) is 0 Å². The number of likely N-dealkylation sites (N-methyl/N-ethyl adjacent to an activating group) is 1. The maximum atomic E-state index is 13.4. The van der Waals surface area contributed by atoms with Gasteiger partial charge in [0.1, 0.15) is 17.3 Å². The molecule has 0 atom stereocenters. The predicted octanol–water partition coefficient (Wildman–Crippen LogP) is 5.90. The molecular formula is C39H44N8O4. The minimum atomic E-state index is -0.412. The SMILES string of the molecule is Cc1ccc(-n2nc(C(C)(C)C)cc2NC(=O)Nc2ccc(Oc3ccnc(CC(=O)NCC(=O)N4CCN(C)CC4)c3)c3ccccc23)cc1. The zero-order valence-electron chi connectivity index (χ0n) is 29.7. The van der Waals surface area contributed by atoms with Crippen molar-refractivity contribution in [3.05, 3.63) is 102 Å². The number of pyridine rings is 1. The molecule has 264 valence electrons. The molecule has 0 bridgehead atoms. The molecule has 3 aromatic carbocycles. The third-order valence-corrected chi connectivity index (χ3v) is 8.78. The summed E-state index contributed by atoms with van der Waals surface area (Å²) in [7, 11) is 2.03. The number of nitrogens with one attached hydrogen (secondary N) is 3. The molecule has 12 heteroatoms. The van der Waals surface area contributed by atoms with Crippen molar-refractivity contribution in [2.45, 2.75) is 39.5 Å². The molecule has 6 rings (SSSR count). The van der Waals surface area contributed by atoms with Gasteiger partial charge in [0.25, 0.3) is 0 Å². The highest BCUT2D eigenvalue weighted by atomic mass is 16.5. The van der Waals surface area contributed by atoms with Gasteiger partial charge in [-0.3, -0.25) is 19.9 Å². The number of amides is 4. The fraction of sp³-hybridized carbons (Fsp3) is 0.308. The third kappa shape index (κ3) is 8.71. The molecule has 0 radical (unpaired) electrons. The molecule has 3 N–H and O–H groups in total. The molecule has 3 heterocycles. The van der Waals surface area contributed by atoms with E-state index in [0.717, 1.165) is 40.8 Å². The second-order valence-electron chi connectivity index (χ2n) is 13.9. The first-order chi connectivity index (χ1) is 24.4. The van der Waals surface area contributed by atoms with Gasteiger partial charge in [0.05, 0.1) is 35.7 Å². The Bertz CT molecular complexity index is 2040. The van der Waals surface area contributed by atoms with Crippen LogP contribution in [0, 0.1) is 6.92 Å². The zero-order valence-corrected chi connectivity index (χ0v) is 29.7. The first-order valence-corrected chi connectivity index (χ1v) is 17.1. The number of piperazine rings is 1. The summed E-state index contributed by atoms with van der Waals surface area (Å²) < 4.78 is 8.03. The molecule has 0 saturated carbocycles. The van der Waals surface area contributed by atoms with Crippen molar-refractivity contribution >= 4 is 40.1 Å². The molecule has 1 aliphatic heterocycles. The van der Waals surface area contributed by atoms with Gasteiger partial charge in [-0.2, -0.15) is 5.10 Å². The van der Waals surface area contributed by atoms with Gasteiger partial charge in [-0.25, -0.2) is 9.48 Å². The predicted molar refractivity (Wildman–Crippen MR) is 199 cm³/mol. The van der Waals surface area contributed by atoms with E-state index in [1.54, 1.807) is 40.0 Å². The fourth-order valence-corrected chi connectivity index (χ4v) is 5.77. The summed E-state index contributed by atoms with van der Waals surface area (Å²) in [6, 6.07) is 24.1. The van der Waals surface area contributed by atoms with Crippen LogP contribution in [0.5, 0.6) is 11.5 Å². The Morgan fingerprint density at radius 1 is 0.863 bits per heavy atom. The Labute approximate surface area is 297 Å². The highest BCUT2D eigenvalue weighted by Crippen LogP contribution is 2.35. The normalized spacial score (nSPS) is 13.5. The summed E-state index contributed by atoms with van der Waals surface area (Å²) in [4.78, 5) is 46.9. The van der Waals surface area contributed by atoms with Crippen LogP contribution in [0.15, 0.2) is 85.1 Å². The lowest BCUT2D eigenvalue weighted by Crippen LogP contribution is -2.50. The lowest BCUT2D eigenvalue weighted by molar-refractivity contribution is -0.134. The third-order valence-electron chi connectivity index (χ3n) is 8.78. The molecule has 1 aliphatic rings. The van der Waals surface area contributed by atoms with Crippen LogP contribution >= 0.6 is 0 Å². The lowest BCUT2D eigenvalue weighted by atomic mass is 9.92. The van der Waals surface area contributed by atoms with E-state index in [0.29, 0.717) is 41.8 Å². The maximum absolute atomic E-state index is 13.4. The van der Waals surface area contributed by atoms with E-state index in [2.05, 4.69) is 46.6 Å². The quantitative estimate of drug-likeness (QED) is 0.176. The van der Waals surface area contributed by atoms with Crippen molar-refractivity contribution in [3.63, 3.8) is 0 Å². The van der Waals surface area contributed by atoms with Crippen LogP contribution in [0.4, 0.5) is 16.3 Å². The number of benzene rings is 3. The Hall–Kier alpha value is -5.75. The van der Waals surface area contributed by atoms with E-state index in [9.17, 15) is 14.4 Å². The van der Waals surface area contributed by atoms with Crippen molar-refractivity contribution < 1.29 is 19.1 Å². The van der Waals surface area contributed by atoms with Crippen LogP contribution < -0.4 is 20.7 Å². The second-order valence-corrected chi connectivity index (χ2v) is 13.9. The average Bonchev–Trinajstić information content (AvgIpc) is 3.53. The largest absolute Gasteiger partial charge is 0.457 e. The van der Waals surface area contributed by atoms with Gasteiger partial charge in [0, 0.05) is 60.7 Å². The van der Waals surface area contributed by atoms with Gasteiger partial charge in [-0.05, 0) is 44.3 Å². The van der Waals surface area contributed by atoms with E-state index in [1.165, 1.54) is 0 Å². The number of anilines is 2. The van der Waals surface area contributed by atoms with Crippen LogP contribution in [0.2, 0.25) is 0 Å². The van der Waals surface area contributed by atoms with Gasteiger partial charge in [-0.1, -0.05) is 62.7 Å². The smallest absolute Gasteiger partial charge is 0.324 e. The minimum absolute atomic E-state index is 0.00595. The molecule has 4 amide bonds. The summed E-state index contributed by atoms with van der Waals surface area (Å²) in [5.74, 6) is 1.24. The number of carbonyl (C=O) groups is 3. The number of ether oxygens (including phenoxy) is 1. The van der Waals surface area contributed by atoms with Crippen molar-refractivity contribution in [1.82, 2.24) is 29.9 Å². The zero-order chi connectivity index (χ0) is 36.1. The van der Waals surface area contributed by atoms with Gasteiger partial charge < -0.3 is 25.2 Å². The topological polar surface area (TPSA) is 134 Å². The second kappa shape index (κ2) is 15.0. The number of hydrogen-bond donors (Lipinski definition) is 3. The van der Waals surface area contributed by atoms with Gasteiger partial charge >= 0.3 is 6.03 Å². The number of aromatic nitrogens is 3. The Morgan fingerprint density at radius 2 is 1.59 bits per heavy atom. The van der Waals surface area contributed by atoms with E-state index in [4.69, 9.17) is 9.84 Å². The van der Waals surface area contributed by atoms with Crippen LogP contribution in [-0.2, 0) is 21.4 Å². The number of rotatable bonds is 9. The van der Waals surface area contributed by atoms with E-state index >= 15 is 0 Å². The fourth-order valence-electron chi connectivity index (χ4n) is 5.77. The lowest BCUT2D eigenvalue weighted by Gasteiger charge is -2.32.